The molecule has 0 aliphatic heterocycles. The molecule has 0 aliphatic carbocycles. The van der Waals surface area contributed by atoms with E-state index in [-0.39, 0.29) is 0 Å². The third-order valence-corrected chi connectivity index (χ3v) is 4.13. The van der Waals surface area contributed by atoms with E-state index >= 15 is 0 Å². The maximum Gasteiger partial charge on any atom is 0.251 e. The molecular formula is C19H16N4O2. The minimum atomic E-state index is 0.439. The number of hydrogen-bond donors (Lipinski definition) is 1. The van der Waals surface area contributed by atoms with Gasteiger partial charge >= 0.3 is 0 Å². The van der Waals surface area contributed by atoms with Crippen LogP contribution < -0.4 is 10.1 Å². The number of aromatic nitrogens is 3. The van der Waals surface area contributed by atoms with Crippen molar-refractivity contribution in [1.82, 2.24) is 15.2 Å². The van der Waals surface area contributed by atoms with Crippen LogP contribution in [0.5, 0.6) is 5.75 Å². The third kappa shape index (κ3) is 2.67. The van der Waals surface area contributed by atoms with E-state index in [9.17, 15) is 0 Å². The Morgan fingerprint density at radius 1 is 1.04 bits per heavy atom. The van der Waals surface area contributed by atoms with Crippen molar-refractivity contribution in [2.45, 2.75) is 0 Å². The average Bonchev–Trinajstić information content (AvgIpc) is 3.21. The van der Waals surface area contributed by atoms with Gasteiger partial charge in [-0.05, 0) is 35.4 Å². The first-order chi connectivity index (χ1) is 12.3. The number of hydrogen-bond acceptors (Lipinski definition) is 6. The van der Waals surface area contributed by atoms with Crippen molar-refractivity contribution in [3.05, 3.63) is 55.1 Å². The Balaban J connectivity index is 1.88. The lowest BCUT2D eigenvalue weighted by Crippen LogP contribution is -1.96. The number of pyridine rings is 1. The van der Waals surface area contributed by atoms with Gasteiger partial charge in [0.25, 0.3) is 5.89 Å². The second-order valence-electron chi connectivity index (χ2n) is 5.50. The largest absolute Gasteiger partial charge is 0.497 e. The molecule has 124 valence electrons. The predicted molar refractivity (Wildman–Crippen MR) is 96.6 cm³/mol. The van der Waals surface area contributed by atoms with Gasteiger partial charge in [-0.2, -0.15) is 0 Å². The molecule has 2 heterocycles. The van der Waals surface area contributed by atoms with E-state index in [1.165, 1.54) is 6.39 Å². The Morgan fingerprint density at radius 3 is 2.52 bits per heavy atom. The molecule has 6 nitrogen and oxygen atoms in total. The fourth-order valence-corrected chi connectivity index (χ4v) is 2.88. The fourth-order valence-electron chi connectivity index (χ4n) is 2.88. The lowest BCUT2D eigenvalue weighted by molar-refractivity contribution is 0.415. The molecule has 4 rings (SSSR count). The highest BCUT2D eigenvalue weighted by Crippen LogP contribution is 2.34. The topological polar surface area (TPSA) is 73.1 Å². The summed E-state index contributed by atoms with van der Waals surface area (Å²) in [5, 5.41) is 12.0. The number of nitrogens with one attached hydrogen (secondary N) is 1. The van der Waals surface area contributed by atoms with E-state index in [0.717, 1.165) is 39.0 Å². The molecule has 0 atom stereocenters. The molecule has 6 heteroatoms. The summed E-state index contributed by atoms with van der Waals surface area (Å²) in [4.78, 5) is 4.52. The Bertz CT molecular complexity index is 1010. The summed E-state index contributed by atoms with van der Waals surface area (Å²) in [6.07, 6.45) is 3.06. The van der Waals surface area contributed by atoms with Gasteiger partial charge in [-0.15, -0.1) is 10.2 Å². The number of ether oxygens (including phenoxy) is 1. The number of rotatable bonds is 4. The van der Waals surface area contributed by atoms with Crippen LogP contribution in [-0.2, 0) is 0 Å². The maximum atomic E-state index is 5.34. The van der Waals surface area contributed by atoms with Crippen molar-refractivity contribution < 1.29 is 9.15 Å². The standard InChI is InChI=1S/C19H16N4O2/c1-20-18-15-9-13(12-3-6-14(24-2)7-4-12)5-8-17(15)21-10-16(18)19-23-22-11-25-19/h3-11H,1-2H3,(H,20,21). The molecule has 2 aromatic heterocycles. The van der Waals surface area contributed by atoms with E-state index in [1.807, 2.05) is 37.4 Å². The van der Waals surface area contributed by atoms with Gasteiger partial charge in [0, 0.05) is 18.6 Å². The highest BCUT2D eigenvalue weighted by Gasteiger charge is 2.14. The highest BCUT2D eigenvalue weighted by atomic mass is 16.5. The Morgan fingerprint density at radius 2 is 1.84 bits per heavy atom. The molecule has 0 saturated heterocycles. The van der Waals surface area contributed by atoms with Crippen LogP contribution in [0.25, 0.3) is 33.5 Å². The second kappa shape index (κ2) is 6.24. The van der Waals surface area contributed by atoms with Gasteiger partial charge in [-0.25, -0.2) is 0 Å². The minimum absolute atomic E-state index is 0.439. The maximum absolute atomic E-state index is 5.34. The Kier molecular flexibility index (Phi) is 3.78. The number of benzene rings is 2. The predicted octanol–water partition coefficient (Wildman–Crippen LogP) is 4.00. The Hall–Kier alpha value is -3.41. The molecule has 0 amide bonds. The van der Waals surface area contributed by atoms with Crippen LogP contribution in [0.3, 0.4) is 0 Å². The smallest absolute Gasteiger partial charge is 0.251 e. The zero-order chi connectivity index (χ0) is 17.2. The minimum Gasteiger partial charge on any atom is -0.497 e. The van der Waals surface area contributed by atoms with Crippen molar-refractivity contribution in [3.63, 3.8) is 0 Å². The van der Waals surface area contributed by atoms with Crippen LogP contribution in [0.2, 0.25) is 0 Å². The SMILES string of the molecule is CNc1c(-c2nnco2)cnc2ccc(-c3ccc(OC)cc3)cc12. The van der Waals surface area contributed by atoms with Crippen LogP contribution in [-0.4, -0.2) is 29.3 Å². The van der Waals surface area contributed by atoms with Gasteiger partial charge in [-0.3, -0.25) is 4.98 Å². The van der Waals surface area contributed by atoms with Crippen LogP contribution in [0.15, 0.2) is 59.5 Å². The summed E-state index contributed by atoms with van der Waals surface area (Å²) in [6.45, 7) is 0. The van der Waals surface area contributed by atoms with Crippen molar-refractivity contribution in [1.29, 1.82) is 0 Å². The third-order valence-electron chi connectivity index (χ3n) is 4.13. The van der Waals surface area contributed by atoms with Crippen molar-refractivity contribution in [2.24, 2.45) is 0 Å². The van der Waals surface area contributed by atoms with Crippen LogP contribution >= 0.6 is 0 Å². The van der Waals surface area contributed by atoms with Crippen LogP contribution in [0, 0.1) is 0 Å². The molecule has 4 aromatic rings. The van der Waals surface area contributed by atoms with Gasteiger partial charge < -0.3 is 14.5 Å². The number of nitrogens with zero attached hydrogens (tertiary/aromatic N) is 3. The van der Waals surface area contributed by atoms with Crippen molar-refractivity contribution in [3.8, 4) is 28.3 Å². The fraction of sp³-hybridized carbons (Fsp3) is 0.105. The van der Waals surface area contributed by atoms with E-state index < -0.39 is 0 Å². The lowest BCUT2D eigenvalue weighted by atomic mass is 10.0. The quantitative estimate of drug-likeness (QED) is 0.609. The van der Waals surface area contributed by atoms with E-state index in [2.05, 4.69) is 32.6 Å². The average molecular weight is 332 g/mol. The summed E-state index contributed by atoms with van der Waals surface area (Å²) in [7, 11) is 3.53. The first-order valence-electron chi connectivity index (χ1n) is 7.81. The monoisotopic (exact) mass is 332 g/mol. The molecule has 1 N–H and O–H groups in total. The molecule has 0 unspecified atom stereocenters. The zero-order valence-corrected chi connectivity index (χ0v) is 13.9. The Labute approximate surface area is 144 Å². The van der Waals surface area contributed by atoms with Gasteiger partial charge in [-0.1, -0.05) is 18.2 Å². The molecule has 0 saturated carbocycles. The van der Waals surface area contributed by atoms with Gasteiger partial charge in [0.2, 0.25) is 6.39 Å². The van der Waals surface area contributed by atoms with E-state index in [0.29, 0.717) is 5.89 Å². The number of anilines is 1. The van der Waals surface area contributed by atoms with Gasteiger partial charge in [0.05, 0.1) is 23.9 Å². The summed E-state index contributed by atoms with van der Waals surface area (Å²) in [5.41, 5.74) is 4.78. The van der Waals surface area contributed by atoms with Crippen LogP contribution in [0.1, 0.15) is 0 Å². The second-order valence-corrected chi connectivity index (χ2v) is 5.50. The molecule has 2 aromatic carbocycles. The van der Waals surface area contributed by atoms with Gasteiger partial charge in [0.15, 0.2) is 0 Å². The lowest BCUT2D eigenvalue weighted by Gasteiger charge is -2.11. The van der Waals surface area contributed by atoms with Crippen molar-refractivity contribution in [2.75, 3.05) is 19.5 Å². The van der Waals surface area contributed by atoms with Gasteiger partial charge in [0.1, 0.15) is 5.75 Å². The van der Waals surface area contributed by atoms with Crippen molar-refractivity contribution >= 4 is 16.6 Å². The molecule has 0 aliphatic rings. The first kappa shape index (κ1) is 15.1. The molecular weight excluding hydrogens is 316 g/mol. The summed E-state index contributed by atoms with van der Waals surface area (Å²) in [5.74, 6) is 1.27. The van der Waals surface area contributed by atoms with E-state index in [4.69, 9.17) is 9.15 Å². The molecule has 0 bridgehead atoms. The number of methoxy groups -OCH3 is 1. The number of fused-ring (bicyclic) bond motifs is 1. The summed E-state index contributed by atoms with van der Waals surface area (Å²) < 4.78 is 10.6. The summed E-state index contributed by atoms with van der Waals surface area (Å²) in [6, 6.07) is 14.1. The molecule has 25 heavy (non-hydrogen) atoms. The molecule has 0 spiro atoms. The summed E-state index contributed by atoms with van der Waals surface area (Å²) >= 11 is 0. The first-order valence-corrected chi connectivity index (χ1v) is 7.81. The molecule has 0 fully saturated rings. The zero-order valence-electron chi connectivity index (χ0n) is 13.9. The van der Waals surface area contributed by atoms with E-state index in [1.54, 1.807) is 13.3 Å². The normalized spacial score (nSPS) is 10.8. The highest BCUT2D eigenvalue weighted by molar-refractivity contribution is 6.00. The van der Waals surface area contributed by atoms with Crippen LogP contribution in [0.4, 0.5) is 5.69 Å². The molecule has 0 radical (unpaired) electrons.